The Morgan fingerprint density at radius 2 is 2.08 bits per heavy atom. The highest BCUT2D eigenvalue weighted by atomic mass is 16.3. The number of aliphatic hydroxyl groups excluding tert-OH is 1. The monoisotopic (exact) mass is 168 g/mol. The summed E-state index contributed by atoms with van der Waals surface area (Å²) in [5, 5.41) is 18.0. The minimum Gasteiger partial charge on any atom is -0.508 e. The van der Waals surface area contributed by atoms with Crippen molar-refractivity contribution in [2.75, 3.05) is 12.3 Å². The average Bonchev–Trinajstić information content (AvgIpc) is 2.08. The molecule has 4 nitrogen and oxygen atoms in total. The van der Waals surface area contributed by atoms with Crippen molar-refractivity contribution in [1.82, 2.24) is 0 Å². The first kappa shape index (κ1) is 8.83. The highest BCUT2D eigenvalue weighted by Crippen LogP contribution is 2.24. The molecule has 0 aliphatic rings. The van der Waals surface area contributed by atoms with Crippen LogP contribution >= 0.6 is 0 Å². The van der Waals surface area contributed by atoms with Gasteiger partial charge in [0, 0.05) is 11.3 Å². The summed E-state index contributed by atoms with van der Waals surface area (Å²) in [5.41, 5.74) is 12.0. The van der Waals surface area contributed by atoms with E-state index in [1.165, 1.54) is 6.07 Å². The quantitative estimate of drug-likeness (QED) is 0.368. The van der Waals surface area contributed by atoms with Crippen molar-refractivity contribution in [2.24, 2.45) is 5.73 Å². The smallest absolute Gasteiger partial charge is 0.120 e. The van der Waals surface area contributed by atoms with Gasteiger partial charge in [0.15, 0.2) is 0 Å². The van der Waals surface area contributed by atoms with Crippen LogP contribution in [0.3, 0.4) is 0 Å². The third-order valence-corrected chi connectivity index (χ3v) is 1.65. The lowest BCUT2D eigenvalue weighted by Gasteiger charge is -2.10. The lowest BCUT2D eigenvalue weighted by Crippen LogP contribution is -2.14. The molecule has 1 aromatic rings. The van der Waals surface area contributed by atoms with Gasteiger partial charge >= 0.3 is 0 Å². The van der Waals surface area contributed by atoms with Crippen molar-refractivity contribution in [3.05, 3.63) is 23.8 Å². The van der Waals surface area contributed by atoms with Crippen molar-refractivity contribution >= 4 is 5.69 Å². The molecule has 6 N–H and O–H groups in total. The van der Waals surface area contributed by atoms with Gasteiger partial charge in [0.1, 0.15) is 5.75 Å². The first-order valence-corrected chi connectivity index (χ1v) is 3.60. The van der Waals surface area contributed by atoms with Crippen LogP contribution < -0.4 is 11.5 Å². The molecular formula is C8H12N2O2. The van der Waals surface area contributed by atoms with Crippen molar-refractivity contribution in [1.29, 1.82) is 0 Å². The summed E-state index contributed by atoms with van der Waals surface area (Å²) in [6, 6.07) is 4.01. The van der Waals surface area contributed by atoms with Gasteiger partial charge in [-0.2, -0.15) is 0 Å². The van der Waals surface area contributed by atoms with Gasteiger partial charge in [0.25, 0.3) is 0 Å². The first-order valence-electron chi connectivity index (χ1n) is 3.60. The van der Waals surface area contributed by atoms with E-state index >= 15 is 0 Å². The van der Waals surface area contributed by atoms with E-state index in [2.05, 4.69) is 0 Å². The molecule has 0 saturated heterocycles. The van der Waals surface area contributed by atoms with E-state index in [1.54, 1.807) is 12.1 Å². The van der Waals surface area contributed by atoms with Gasteiger partial charge in [-0.1, -0.05) is 0 Å². The first-order chi connectivity index (χ1) is 5.65. The largest absolute Gasteiger partial charge is 0.508 e. The molecule has 66 valence electrons. The zero-order valence-corrected chi connectivity index (χ0v) is 6.57. The number of anilines is 1. The molecule has 0 saturated carbocycles. The third-order valence-electron chi connectivity index (χ3n) is 1.65. The maximum atomic E-state index is 9.29. The molecule has 4 heteroatoms. The van der Waals surface area contributed by atoms with Crippen molar-refractivity contribution in [3.63, 3.8) is 0 Å². The minimum absolute atomic E-state index is 0.0609. The predicted octanol–water partition coefficient (Wildman–Crippen LogP) is -0.0335. The molecule has 0 unspecified atom stereocenters. The summed E-state index contributed by atoms with van der Waals surface area (Å²) >= 11 is 0. The molecule has 1 atom stereocenters. The van der Waals surface area contributed by atoms with Crippen LogP contribution in [0.2, 0.25) is 0 Å². The SMILES string of the molecule is Nc1ccc(O)c([C@@H](N)CO)c1. The van der Waals surface area contributed by atoms with Gasteiger partial charge in [0.05, 0.1) is 12.6 Å². The summed E-state index contributed by atoms with van der Waals surface area (Å²) in [5.74, 6) is 0.0609. The molecule has 0 bridgehead atoms. The lowest BCUT2D eigenvalue weighted by molar-refractivity contribution is 0.265. The summed E-state index contributed by atoms with van der Waals surface area (Å²) in [4.78, 5) is 0. The van der Waals surface area contributed by atoms with Gasteiger partial charge in [0.2, 0.25) is 0 Å². The number of hydrogen-bond acceptors (Lipinski definition) is 4. The summed E-state index contributed by atoms with van der Waals surface area (Å²) in [7, 11) is 0. The topological polar surface area (TPSA) is 92.5 Å². The van der Waals surface area contributed by atoms with E-state index in [0.717, 1.165) is 0 Å². The number of nitrogens with two attached hydrogens (primary N) is 2. The van der Waals surface area contributed by atoms with E-state index in [9.17, 15) is 5.11 Å². The van der Waals surface area contributed by atoms with Crippen molar-refractivity contribution < 1.29 is 10.2 Å². The second kappa shape index (κ2) is 3.42. The summed E-state index contributed by atoms with van der Waals surface area (Å²) in [6.07, 6.45) is 0. The normalized spacial score (nSPS) is 12.8. The lowest BCUT2D eigenvalue weighted by atomic mass is 10.1. The number of aromatic hydroxyl groups is 1. The Bertz CT molecular complexity index is 276. The zero-order valence-electron chi connectivity index (χ0n) is 6.57. The van der Waals surface area contributed by atoms with Gasteiger partial charge in [-0.3, -0.25) is 0 Å². The highest BCUT2D eigenvalue weighted by molar-refractivity contribution is 5.48. The molecule has 0 heterocycles. The molecule has 0 fully saturated rings. The molecule has 0 amide bonds. The molecule has 12 heavy (non-hydrogen) atoms. The third kappa shape index (κ3) is 1.66. The van der Waals surface area contributed by atoms with Crippen LogP contribution in [0.1, 0.15) is 11.6 Å². The summed E-state index contributed by atoms with van der Waals surface area (Å²) in [6.45, 7) is -0.211. The van der Waals surface area contributed by atoms with E-state index in [0.29, 0.717) is 11.3 Å². The summed E-state index contributed by atoms with van der Waals surface area (Å²) < 4.78 is 0. The van der Waals surface area contributed by atoms with Gasteiger partial charge in [-0.25, -0.2) is 0 Å². The Labute approximate surface area is 70.4 Å². The van der Waals surface area contributed by atoms with Crippen LogP contribution in [0.15, 0.2) is 18.2 Å². The molecule has 0 spiro atoms. The Morgan fingerprint density at radius 1 is 1.42 bits per heavy atom. The molecular weight excluding hydrogens is 156 g/mol. The average molecular weight is 168 g/mol. The second-order valence-corrected chi connectivity index (χ2v) is 2.61. The molecule has 1 aromatic carbocycles. The van der Waals surface area contributed by atoms with E-state index < -0.39 is 6.04 Å². The van der Waals surface area contributed by atoms with E-state index in [4.69, 9.17) is 16.6 Å². The fourth-order valence-corrected chi connectivity index (χ4v) is 0.968. The zero-order chi connectivity index (χ0) is 9.14. The van der Waals surface area contributed by atoms with Crippen molar-refractivity contribution in [3.8, 4) is 5.75 Å². The fraction of sp³-hybridized carbons (Fsp3) is 0.250. The fourth-order valence-electron chi connectivity index (χ4n) is 0.968. The van der Waals surface area contributed by atoms with Crippen LogP contribution in [-0.4, -0.2) is 16.8 Å². The van der Waals surface area contributed by atoms with E-state index in [1.807, 2.05) is 0 Å². The number of phenolic OH excluding ortho intramolecular Hbond substituents is 1. The Balaban J connectivity index is 3.04. The molecule has 0 aliphatic heterocycles. The minimum atomic E-state index is -0.575. The molecule has 1 rings (SSSR count). The van der Waals surface area contributed by atoms with Crippen LogP contribution in [0.5, 0.6) is 5.75 Å². The number of hydrogen-bond donors (Lipinski definition) is 4. The van der Waals surface area contributed by atoms with Crippen molar-refractivity contribution in [2.45, 2.75) is 6.04 Å². The Morgan fingerprint density at radius 3 is 2.67 bits per heavy atom. The standard InChI is InChI=1S/C8H12N2O2/c9-5-1-2-8(12)6(3-5)7(10)4-11/h1-3,7,11-12H,4,9-10H2/t7-/m0/s1. The van der Waals surface area contributed by atoms with Gasteiger partial charge in [-0.15, -0.1) is 0 Å². The Hall–Kier alpha value is -1.26. The van der Waals surface area contributed by atoms with E-state index in [-0.39, 0.29) is 12.4 Å². The van der Waals surface area contributed by atoms with Crippen LogP contribution in [0.25, 0.3) is 0 Å². The van der Waals surface area contributed by atoms with Crippen LogP contribution in [0.4, 0.5) is 5.69 Å². The van der Waals surface area contributed by atoms with Gasteiger partial charge < -0.3 is 21.7 Å². The second-order valence-electron chi connectivity index (χ2n) is 2.61. The number of benzene rings is 1. The molecule has 0 aromatic heterocycles. The maximum absolute atomic E-state index is 9.29. The predicted molar refractivity (Wildman–Crippen MR) is 46.5 cm³/mol. The molecule has 0 aliphatic carbocycles. The number of phenols is 1. The van der Waals surface area contributed by atoms with Gasteiger partial charge in [-0.05, 0) is 18.2 Å². The highest BCUT2D eigenvalue weighted by Gasteiger charge is 2.09. The Kier molecular flexibility index (Phi) is 2.52. The molecule has 0 radical (unpaired) electrons. The number of rotatable bonds is 2. The number of aliphatic hydroxyl groups is 1. The van der Waals surface area contributed by atoms with Crippen LogP contribution in [-0.2, 0) is 0 Å². The van der Waals surface area contributed by atoms with Crippen LogP contribution in [0, 0.1) is 0 Å². The maximum Gasteiger partial charge on any atom is 0.120 e. The number of nitrogen functional groups attached to an aromatic ring is 1.